The number of rotatable bonds is 7. The van der Waals surface area contributed by atoms with E-state index in [2.05, 4.69) is 24.3 Å². The molecule has 17 heavy (non-hydrogen) atoms. The maximum Gasteiger partial charge on any atom is 0.124 e. The molecule has 0 aromatic heterocycles. The van der Waals surface area contributed by atoms with Crippen LogP contribution in [0.15, 0.2) is 18.2 Å². The summed E-state index contributed by atoms with van der Waals surface area (Å²) >= 11 is 6.14. The second kappa shape index (κ2) is 7.54. The lowest BCUT2D eigenvalue weighted by molar-refractivity contribution is 0.391. The van der Waals surface area contributed by atoms with Crippen molar-refractivity contribution in [1.82, 2.24) is 10.2 Å². The van der Waals surface area contributed by atoms with Gasteiger partial charge in [-0.25, -0.2) is 0 Å². The van der Waals surface area contributed by atoms with Crippen molar-refractivity contribution in [1.29, 1.82) is 0 Å². The summed E-state index contributed by atoms with van der Waals surface area (Å²) in [6.07, 6.45) is 1.12. The Morgan fingerprint density at radius 2 is 2.12 bits per heavy atom. The van der Waals surface area contributed by atoms with Crippen molar-refractivity contribution in [3.8, 4) is 5.75 Å². The summed E-state index contributed by atoms with van der Waals surface area (Å²) in [7, 11) is 5.83. The first kappa shape index (κ1) is 14.3. The van der Waals surface area contributed by atoms with Gasteiger partial charge >= 0.3 is 0 Å². The summed E-state index contributed by atoms with van der Waals surface area (Å²) in [4.78, 5) is 2.18. The van der Waals surface area contributed by atoms with Gasteiger partial charge in [0.15, 0.2) is 0 Å². The zero-order valence-corrected chi connectivity index (χ0v) is 11.5. The highest BCUT2D eigenvalue weighted by molar-refractivity contribution is 6.31. The summed E-state index contributed by atoms with van der Waals surface area (Å²) < 4.78 is 5.29. The topological polar surface area (TPSA) is 24.5 Å². The third kappa shape index (κ3) is 4.94. The van der Waals surface area contributed by atoms with Gasteiger partial charge in [0, 0.05) is 17.1 Å². The number of halogens is 1. The van der Waals surface area contributed by atoms with Gasteiger partial charge in [-0.15, -0.1) is 0 Å². The first-order valence-electron chi connectivity index (χ1n) is 5.82. The quantitative estimate of drug-likeness (QED) is 0.759. The molecule has 0 heterocycles. The predicted octanol–water partition coefficient (Wildman–Crippen LogP) is 2.39. The van der Waals surface area contributed by atoms with Gasteiger partial charge < -0.3 is 15.0 Å². The van der Waals surface area contributed by atoms with E-state index in [1.54, 1.807) is 7.11 Å². The van der Waals surface area contributed by atoms with Crippen molar-refractivity contribution in [3.63, 3.8) is 0 Å². The fraction of sp³-hybridized carbons (Fsp3) is 0.538. The molecule has 0 unspecified atom stereocenters. The maximum atomic E-state index is 6.14. The number of ether oxygens (including phenoxy) is 1. The van der Waals surface area contributed by atoms with Crippen molar-refractivity contribution in [2.75, 3.05) is 34.3 Å². The molecule has 0 atom stereocenters. The lowest BCUT2D eigenvalue weighted by atomic mass is 10.2. The van der Waals surface area contributed by atoms with Gasteiger partial charge in [0.1, 0.15) is 5.75 Å². The molecule has 3 nitrogen and oxygen atoms in total. The number of methoxy groups -OCH3 is 1. The van der Waals surface area contributed by atoms with Gasteiger partial charge in [0.25, 0.3) is 0 Å². The fourth-order valence-corrected chi connectivity index (χ4v) is 1.87. The van der Waals surface area contributed by atoms with Crippen molar-refractivity contribution < 1.29 is 4.74 Å². The summed E-state index contributed by atoms with van der Waals surface area (Å²) in [5.41, 5.74) is 1.03. The number of hydrogen-bond donors (Lipinski definition) is 1. The standard InChI is InChI=1S/C13H21ClN2O/c1-16(2)9-5-8-15-10-11-12(14)6-4-7-13(11)17-3/h4,6-7,15H,5,8-10H2,1-3H3. The summed E-state index contributed by atoms with van der Waals surface area (Å²) in [6, 6.07) is 5.72. The molecule has 0 bridgehead atoms. The van der Waals surface area contributed by atoms with Crippen LogP contribution >= 0.6 is 11.6 Å². The number of hydrogen-bond acceptors (Lipinski definition) is 3. The highest BCUT2D eigenvalue weighted by Crippen LogP contribution is 2.25. The average Bonchev–Trinajstić information content (AvgIpc) is 2.30. The molecule has 1 rings (SSSR count). The molecule has 1 N–H and O–H groups in total. The molecule has 0 aliphatic carbocycles. The molecule has 0 fully saturated rings. The molecular weight excluding hydrogens is 236 g/mol. The minimum Gasteiger partial charge on any atom is -0.496 e. The van der Waals surface area contributed by atoms with Crippen LogP contribution in [0.1, 0.15) is 12.0 Å². The Bertz CT molecular complexity index is 342. The van der Waals surface area contributed by atoms with Crippen molar-refractivity contribution >= 4 is 11.6 Å². The third-order valence-corrected chi connectivity index (χ3v) is 2.91. The summed E-state index contributed by atoms with van der Waals surface area (Å²) in [5.74, 6) is 0.845. The van der Waals surface area contributed by atoms with E-state index in [9.17, 15) is 0 Å². The molecule has 0 aliphatic heterocycles. The lowest BCUT2D eigenvalue weighted by Gasteiger charge is -2.12. The Kier molecular flexibility index (Phi) is 6.34. The zero-order chi connectivity index (χ0) is 12.7. The van der Waals surface area contributed by atoms with Gasteiger partial charge in [0.05, 0.1) is 7.11 Å². The largest absolute Gasteiger partial charge is 0.496 e. The third-order valence-electron chi connectivity index (χ3n) is 2.56. The Balaban J connectivity index is 2.40. The molecule has 96 valence electrons. The monoisotopic (exact) mass is 256 g/mol. The fourth-order valence-electron chi connectivity index (χ4n) is 1.64. The molecular formula is C13H21ClN2O. The van der Waals surface area contributed by atoms with Gasteiger partial charge in [-0.1, -0.05) is 17.7 Å². The minimum absolute atomic E-state index is 0.746. The van der Waals surface area contributed by atoms with Crippen molar-refractivity contribution in [2.45, 2.75) is 13.0 Å². The number of nitrogens with zero attached hydrogens (tertiary/aromatic N) is 1. The Hall–Kier alpha value is -0.770. The first-order valence-corrected chi connectivity index (χ1v) is 6.19. The van der Waals surface area contributed by atoms with Gasteiger partial charge in [-0.2, -0.15) is 0 Å². The van der Waals surface area contributed by atoms with Gasteiger partial charge in [-0.3, -0.25) is 0 Å². The Labute approximate surface area is 109 Å². The van der Waals surface area contributed by atoms with Gasteiger partial charge in [0.2, 0.25) is 0 Å². The molecule has 0 saturated carbocycles. The number of benzene rings is 1. The van der Waals surface area contributed by atoms with E-state index in [0.717, 1.165) is 42.4 Å². The van der Waals surface area contributed by atoms with E-state index in [0.29, 0.717) is 0 Å². The normalized spacial score (nSPS) is 10.9. The second-order valence-electron chi connectivity index (χ2n) is 4.25. The van der Waals surface area contributed by atoms with Crippen LogP contribution in [0.4, 0.5) is 0 Å². The molecule has 1 aromatic carbocycles. The SMILES string of the molecule is COc1cccc(Cl)c1CNCCCN(C)C. The molecule has 4 heteroatoms. The van der Waals surface area contributed by atoms with Crippen LogP contribution in [-0.4, -0.2) is 39.2 Å². The smallest absolute Gasteiger partial charge is 0.124 e. The molecule has 1 aromatic rings. The minimum atomic E-state index is 0.746. The van der Waals surface area contributed by atoms with Crippen LogP contribution in [0.2, 0.25) is 5.02 Å². The van der Waals surface area contributed by atoms with E-state index in [4.69, 9.17) is 16.3 Å². The van der Waals surface area contributed by atoms with Crippen LogP contribution in [-0.2, 0) is 6.54 Å². The summed E-state index contributed by atoms with van der Waals surface area (Å²) in [5, 5.41) is 4.14. The predicted molar refractivity (Wildman–Crippen MR) is 72.9 cm³/mol. The highest BCUT2D eigenvalue weighted by Gasteiger charge is 2.06. The van der Waals surface area contributed by atoms with Crippen LogP contribution in [0.25, 0.3) is 0 Å². The van der Waals surface area contributed by atoms with Crippen molar-refractivity contribution in [3.05, 3.63) is 28.8 Å². The highest BCUT2D eigenvalue weighted by atomic mass is 35.5. The van der Waals surface area contributed by atoms with Crippen LogP contribution in [0, 0.1) is 0 Å². The van der Waals surface area contributed by atoms with E-state index in [1.807, 2.05) is 18.2 Å². The van der Waals surface area contributed by atoms with E-state index in [1.165, 1.54) is 0 Å². The molecule has 0 aliphatic rings. The lowest BCUT2D eigenvalue weighted by Crippen LogP contribution is -2.21. The van der Waals surface area contributed by atoms with Crippen LogP contribution < -0.4 is 10.1 Å². The Morgan fingerprint density at radius 3 is 2.76 bits per heavy atom. The van der Waals surface area contributed by atoms with E-state index >= 15 is 0 Å². The average molecular weight is 257 g/mol. The summed E-state index contributed by atoms with van der Waals surface area (Å²) in [6.45, 7) is 2.81. The maximum absolute atomic E-state index is 6.14. The molecule has 0 radical (unpaired) electrons. The number of nitrogens with one attached hydrogen (secondary N) is 1. The second-order valence-corrected chi connectivity index (χ2v) is 4.66. The molecule has 0 spiro atoms. The van der Waals surface area contributed by atoms with E-state index < -0.39 is 0 Å². The van der Waals surface area contributed by atoms with Crippen LogP contribution in [0.5, 0.6) is 5.75 Å². The zero-order valence-electron chi connectivity index (χ0n) is 10.8. The first-order chi connectivity index (χ1) is 8.15. The van der Waals surface area contributed by atoms with E-state index in [-0.39, 0.29) is 0 Å². The van der Waals surface area contributed by atoms with Gasteiger partial charge in [-0.05, 0) is 45.7 Å². The molecule has 0 saturated heterocycles. The Morgan fingerprint density at radius 1 is 1.35 bits per heavy atom. The molecule has 0 amide bonds. The van der Waals surface area contributed by atoms with Crippen molar-refractivity contribution in [2.24, 2.45) is 0 Å². The van der Waals surface area contributed by atoms with Crippen LogP contribution in [0.3, 0.4) is 0 Å².